The molecule has 0 spiro atoms. The summed E-state index contributed by atoms with van der Waals surface area (Å²) >= 11 is 0. The molecule has 0 aliphatic carbocycles. The Bertz CT molecular complexity index is 910. The van der Waals surface area contributed by atoms with Gasteiger partial charge in [-0.25, -0.2) is 0 Å². The third kappa shape index (κ3) is 2.00. The molecule has 5 nitrogen and oxygen atoms in total. The molecular formula is C17H12B2N2O3. The molecular weight excluding hydrogens is 302 g/mol. The van der Waals surface area contributed by atoms with Gasteiger partial charge in [-0.2, -0.15) is 0 Å². The lowest BCUT2D eigenvalue weighted by Crippen LogP contribution is -2.53. The van der Waals surface area contributed by atoms with Crippen molar-refractivity contribution in [1.82, 2.24) is 5.32 Å². The lowest BCUT2D eigenvalue weighted by atomic mass is 9.65. The Labute approximate surface area is 141 Å². The van der Waals surface area contributed by atoms with Gasteiger partial charge in [0.25, 0.3) is 5.91 Å². The van der Waals surface area contributed by atoms with Gasteiger partial charge in [0, 0.05) is 17.4 Å². The van der Waals surface area contributed by atoms with E-state index in [0.29, 0.717) is 17.7 Å². The largest absolute Gasteiger partial charge is 0.295 e. The van der Waals surface area contributed by atoms with Gasteiger partial charge in [0.1, 0.15) is 6.04 Å². The molecule has 4 radical (unpaired) electrons. The number of amides is 3. The third-order valence-corrected chi connectivity index (χ3v) is 4.64. The maximum absolute atomic E-state index is 12.9. The summed E-state index contributed by atoms with van der Waals surface area (Å²) in [6.45, 7) is 0. The predicted octanol–water partition coefficient (Wildman–Crippen LogP) is 0.941. The van der Waals surface area contributed by atoms with Crippen molar-refractivity contribution in [3.8, 4) is 0 Å². The van der Waals surface area contributed by atoms with Crippen LogP contribution >= 0.6 is 0 Å². The van der Waals surface area contributed by atoms with E-state index in [1.807, 2.05) is 6.07 Å². The van der Waals surface area contributed by atoms with Crippen molar-refractivity contribution in [1.29, 1.82) is 0 Å². The summed E-state index contributed by atoms with van der Waals surface area (Å²) in [5.74, 6) is -0.997. The van der Waals surface area contributed by atoms with Crippen LogP contribution < -0.4 is 10.2 Å². The van der Waals surface area contributed by atoms with Gasteiger partial charge in [-0.15, -0.1) is 0 Å². The molecule has 2 aliphatic heterocycles. The maximum Gasteiger partial charge on any atom is 0.259 e. The average Bonchev–Trinajstić information content (AvgIpc) is 2.82. The van der Waals surface area contributed by atoms with Crippen molar-refractivity contribution in [3.63, 3.8) is 0 Å². The molecule has 2 aromatic carbocycles. The number of piperidine rings is 1. The third-order valence-electron chi connectivity index (χ3n) is 4.64. The van der Waals surface area contributed by atoms with Gasteiger partial charge in [0.05, 0.1) is 21.4 Å². The maximum atomic E-state index is 12.9. The van der Waals surface area contributed by atoms with E-state index in [-0.39, 0.29) is 18.2 Å². The first kappa shape index (κ1) is 15.0. The van der Waals surface area contributed by atoms with Crippen molar-refractivity contribution in [3.05, 3.63) is 41.5 Å². The normalized spacial score (nSPS) is 20.1. The highest BCUT2D eigenvalue weighted by Crippen LogP contribution is 2.41. The summed E-state index contributed by atoms with van der Waals surface area (Å²) in [6.07, 6.45) is 0.523. The van der Waals surface area contributed by atoms with Crippen molar-refractivity contribution in [2.45, 2.75) is 24.6 Å². The monoisotopic (exact) mass is 314 g/mol. The summed E-state index contributed by atoms with van der Waals surface area (Å²) in [5, 5.41) is 3.87. The fourth-order valence-electron chi connectivity index (χ4n) is 3.56. The first-order valence-corrected chi connectivity index (χ1v) is 7.73. The Balaban J connectivity index is 1.89. The molecule has 0 bridgehead atoms. The second-order valence-electron chi connectivity index (χ2n) is 6.07. The van der Waals surface area contributed by atoms with Gasteiger partial charge in [-0.1, -0.05) is 29.5 Å². The van der Waals surface area contributed by atoms with Crippen LogP contribution in [0, 0.1) is 0 Å². The Kier molecular flexibility index (Phi) is 3.27. The van der Waals surface area contributed by atoms with E-state index in [0.717, 1.165) is 16.3 Å². The van der Waals surface area contributed by atoms with Crippen LogP contribution in [0.25, 0.3) is 10.8 Å². The smallest absolute Gasteiger partial charge is 0.259 e. The SMILES string of the molecule is [B]C([B])c1ccc2c3c(cccc13)C(=O)N2C1CCC(=O)NC1=O. The van der Waals surface area contributed by atoms with Crippen LogP contribution in [0.2, 0.25) is 0 Å². The lowest BCUT2D eigenvalue weighted by Gasteiger charge is -2.30. The molecule has 1 fully saturated rings. The van der Waals surface area contributed by atoms with Crippen LogP contribution in [0.3, 0.4) is 0 Å². The highest BCUT2D eigenvalue weighted by molar-refractivity contribution is 6.37. The van der Waals surface area contributed by atoms with Gasteiger partial charge in [-0.3, -0.25) is 24.6 Å². The van der Waals surface area contributed by atoms with E-state index in [1.54, 1.807) is 24.3 Å². The van der Waals surface area contributed by atoms with Gasteiger partial charge in [-0.05, 0) is 23.9 Å². The number of anilines is 1. The zero-order valence-corrected chi connectivity index (χ0v) is 12.8. The number of hydrogen-bond acceptors (Lipinski definition) is 3. The molecule has 1 unspecified atom stereocenters. The van der Waals surface area contributed by atoms with Gasteiger partial charge < -0.3 is 0 Å². The number of carbonyl (C=O) groups excluding carboxylic acids is 3. The molecule has 2 aliphatic rings. The highest BCUT2D eigenvalue weighted by Gasteiger charge is 2.40. The van der Waals surface area contributed by atoms with Gasteiger partial charge in [0.15, 0.2) is 0 Å². The summed E-state index contributed by atoms with van der Waals surface area (Å²) in [5.41, 5.74) is 1.27. The zero-order valence-electron chi connectivity index (χ0n) is 12.8. The minimum absolute atomic E-state index is 0.214. The number of nitrogens with zero attached hydrogens (tertiary/aromatic N) is 1. The zero-order chi connectivity index (χ0) is 17.0. The molecule has 0 saturated carbocycles. The summed E-state index contributed by atoms with van der Waals surface area (Å²) in [7, 11) is 11.7. The highest BCUT2D eigenvalue weighted by atomic mass is 16.2. The number of benzene rings is 2. The standard InChI is InChI=1S/C17H12B2N2O3/c18-15(19)9-4-5-11-14-8(9)2-1-3-10(14)17(24)21(11)12-6-7-13(22)20-16(12)23/h1-5,12,15H,6-7H2,(H,20,22,23). The van der Waals surface area contributed by atoms with E-state index in [2.05, 4.69) is 5.32 Å². The first-order chi connectivity index (χ1) is 11.5. The fourth-order valence-corrected chi connectivity index (χ4v) is 3.56. The van der Waals surface area contributed by atoms with Gasteiger partial charge in [0.2, 0.25) is 11.8 Å². The van der Waals surface area contributed by atoms with Crippen molar-refractivity contribution >= 4 is 49.9 Å². The fraction of sp³-hybridized carbons (Fsp3) is 0.235. The summed E-state index contributed by atoms with van der Waals surface area (Å²) in [6, 6.07) is 8.23. The second kappa shape index (κ2) is 5.23. The molecule has 1 N–H and O–H groups in total. The lowest BCUT2D eigenvalue weighted by molar-refractivity contribution is -0.134. The van der Waals surface area contributed by atoms with Crippen LogP contribution in [-0.2, 0) is 9.59 Å². The Morgan fingerprint density at radius 3 is 2.62 bits per heavy atom. The van der Waals surface area contributed by atoms with Crippen LogP contribution in [0.5, 0.6) is 0 Å². The molecule has 3 amide bonds. The van der Waals surface area contributed by atoms with Crippen LogP contribution in [0.4, 0.5) is 5.69 Å². The molecule has 1 atom stereocenters. The van der Waals surface area contributed by atoms with Crippen molar-refractivity contribution < 1.29 is 14.4 Å². The molecule has 114 valence electrons. The quantitative estimate of drug-likeness (QED) is 0.663. The summed E-state index contributed by atoms with van der Waals surface area (Å²) < 4.78 is 0. The topological polar surface area (TPSA) is 66.5 Å². The van der Waals surface area contributed by atoms with Crippen molar-refractivity contribution in [2.24, 2.45) is 0 Å². The Morgan fingerprint density at radius 1 is 1.12 bits per heavy atom. The Hall–Kier alpha value is -2.56. The first-order valence-electron chi connectivity index (χ1n) is 7.73. The van der Waals surface area contributed by atoms with Crippen LogP contribution in [0.15, 0.2) is 30.3 Å². The van der Waals surface area contributed by atoms with E-state index in [4.69, 9.17) is 15.7 Å². The average molecular weight is 314 g/mol. The van der Waals surface area contributed by atoms with Gasteiger partial charge >= 0.3 is 0 Å². The molecule has 2 heterocycles. The van der Waals surface area contributed by atoms with Crippen LogP contribution in [-0.4, -0.2) is 39.5 Å². The van der Waals surface area contributed by atoms with E-state index in [1.165, 1.54) is 4.90 Å². The van der Waals surface area contributed by atoms with E-state index in [9.17, 15) is 14.4 Å². The van der Waals surface area contributed by atoms with E-state index >= 15 is 0 Å². The second-order valence-corrected chi connectivity index (χ2v) is 6.07. The number of imide groups is 1. The molecule has 7 heteroatoms. The van der Waals surface area contributed by atoms with Crippen LogP contribution in [0.1, 0.15) is 34.5 Å². The predicted molar refractivity (Wildman–Crippen MR) is 91.2 cm³/mol. The minimum atomic E-state index is -0.691. The molecule has 1 saturated heterocycles. The number of hydrogen-bond donors (Lipinski definition) is 1. The number of rotatable bonds is 2. The molecule has 0 aromatic heterocycles. The number of nitrogens with one attached hydrogen (secondary N) is 1. The molecule has 2 aromatic rings. The van der Waals surface area contributed by atoms with E-state index < -0.39 is 17.7 Å². The molecule has 4 rings (SSSR count). The molecule has 24 heavy (non-hydrogen) atoms. The Morgan fingerprint density at radius 2 is 1.92 bits per heavy atom. The minimum Gasteiger partial charge on any atom is -0.295 e. The van der Waals surface area contributed by atoms with Crippen molar-refractivity contribution in [2.75, 3.05) is 4.90 Å². The number of carbonyl (C=O) groups is 3. The summed E-state index contributed by atoms with van der Waals surface area (Å²) in [4.78, 5) is 38.0.